The molecule has 0 aliphatic carbocycles. The zero-order chi connectivity index (χ0) is 14.6. The molecule has 4 nitrogen and oxygen atoms in total. The van der Waals surface area contributed by atoms with Crippen LogP contribution in [0.15, 0.2) is 63.1 Å². The number of halogens is 1. The van der Waals surface area contributed by atoms with Crippen LogP contribution < -0.4 is 4.73 Å². The minimum absolute atomic E-state index is 0.00576. The zero-order valence-corrected chi connectivity index (χ0v) is 13.6. The molecule has 0 aliphatic heterocycles. The number of aromatic nitrogens is 1. The summed E-state index contributed by atoms with van der Waals surface area (Å²) in [7, 11) is -3.31. The van der Waals surface area contributed by atoms with E-state index in [0.29, 0.717) is 15.7 Å². The van der Waals surface area contributed by atoms with Gasteiger partial charge in [0.1, 0.15) is 0 Å². The summed E-state index contributed by atoms with van der Waals surface area (Å²) in [6, 6.07) is 11.6. The molecule has 0 unspecified atom stereocenters. The van der Waals surface area contributed by atoms with E-state index < -0.39 is 9.84 Å². The van der Waals surface area contributed by atoms with Crippen molar-refractivity contribution in [1.82, 2.24) is 0 Å². The van der Waals surface area contributed by atoms with E-state index in [1.54, 1.807) is 42.5 Å². The largest absolute Gasteiger partial charge is 0.618 e. The molecule has 106 valence electrons. The van der Waals surface area contributed by atoms with Crippen LogP contribution in [0.1, 0.15) is 0 Å². The van der Waals surface area contributed by atoms with Crippen LogP contribution in [-0.2, 0) is 9.84 Å². The highest BCUT2D eigenvalue weighted by molar-refractivity contribution is 9.10. The van der Waals surface area contributed by atoms with E-state index in [0.717, 1.165) is 9.20 Å². The number of hydrogen-bond donors (Lipinski definition) is 0. The van der Waals surface area contributed by atoms with E-state index in [9.17, 15) is 13.6 Å². The first kappa shape index (κ1) is 15.3. The molecule has 0 saturated heterocycles. The molecule has 2 aromatic rings. The summed E-state index contributed by atoms with van der Waals surface area (Å²) >= 11 is 4.50. The minimum atomic E-state index is -3.31. The van der Waals surface area contributed by atoms with Gasteiger partial charge in [-0.25, -0.2) is 8.42 Å². The molecule has 1 aromatic heterocycles. The number of rotatable bonds is 5. The summed E-state index contributed by atoms with van der Waals surface area (Å²) in [5, 5.41) is 11.9. The summed E-state index contributed by atoms with van der Waals surface area (Å²) in [5.74, 6) is 0.332. The fourth-order valence-electron chi connectivity index (χ4n) is 1.54. The van der Waals surface area contributed by atoms with Crippen molar-refractivity contribution in [3.63, 3.8) is 0 Å². The Morgan fingerprint density at radius 3 is 2.50 bits per heavy atom. The van der Waals surface area contributed by atoms with Crippen molar-refractivity contribution in [1.29, 1.82) is 0 Å². The second kappa shape index (κ2) is 6.60. The van der Waals surface area contributed by atoms with Crippen molar-refractivity contribution in [2.75, 3.05) is 11.5 Å². The van der Waals surface area contributed by atoms with Crippen molar-refractivity contribution in [3.8, 4) is 0 Å². The highest BCUT2D eigenvalue weighted by Gasteiger charge is 2.15. The van der Waals surface area contributed by atoms with E-state index in [4.69, 9.17) is 0 Å². The van der Waals surface area contributed by atoms with Gasteiger partial charge in [-0.05, 0) is 30.3 Å². The molecule has 7 heteroatoms. The van der Waals surface area contributed by atoms with E-state index in [-0.39, 0.29) is 5.75 Å². The average Bonchev–Trinajstić information content (AvgIpc) is 2.41. The Balaban J connectivity index is 2.00. The molecule has 20 heavy (non-hydrogen) atoms. The maximum atomic E-state index is 12.1. The van der Waals surface area contributed by atoms with Crippen molar-refractivity contribution in [2.24, 2.45) is 0 Å². The summed E-state index contributed by atoms with van der Waals surface area (Å²) in [6.45, 7) is 0. The molecule has 2 rings (SSSR count). The number of pyridine rings is 1. The lowest BCUT2D eigenvalue weighted by molar-refractivity contribution is -0.645. The molecule has 0 atom stereocenters. The van der Waals surface area contributed by atoms with E-state index in [1.165, 1.54) is 18.0 Å². The maximum Gasteiger partial charge on any atom is 0.251 e. The highest BCUT2D eigenvalue weighted by atomic mass is 79.9. The zero-order valence-electron chi connectivity index (χ0n) is 10.4. The molecule has 0 radical (unpaired) electrons. The van der Waals surface area contributed by atoms with Crippen LogP contribution in [0.2, 0.25) is 0 Å². The lowest BCUT2D eigenvalue weighted by Crippen LogP contribution is -2.28. The lowest BCUT2D eigenvalue weighted by Gasteiger charge is -2.05. The number of thioether (sulfide) groups is 1. The van der Waals surface area contributed by atoms with Crippen LogP contribution in [0.3, 0.4) is 0 Å². The second-order valence-electron chi connectivity index (χ2n) is 3.99. The van der Waals surface area contributed by atoms with Gasteiger partial charge in [-0.1, -0.05) is 27.7 Å². The fraction of sp³-hybridized carbons (Fsp3) is 0.154. The Labute approximate surface area is 130 Å². The Hall–Kier alpha value is -1.05. The Morgan fingerprint density at radius 1 is 1.15 bits per heavy atom. The van der Waals surface area contributed by atoms with Gasteiger partial charge in [-0.3, -0.25) is 0 Å². The van der Waals surface area contributed by atoms with Gasteiger partial charge in [0.2, 0.25) is 0 Å². The van der Waals surface area contributed by atoms with E-state index >= 15 is 0 Å². The summed E-state index contributed by atoms with van der Waals surface area (Å²) < 4.78 is 25.8. The third kappa shape index (κ3) is 3.97. The van der Waals surface area contributed by atoms with Crippen LogP contribution in [0.4, 0.5) is 0 Å². The minimum Gasteiger partial charge on any atom is -0.618 e. The number of nitrogens with zero attached hydrogens (tertiary/aromatic N) is 1. The summed E-state index contributed by atoms with van der Waals surface area (Å²) in [4.78, 5) is 0.296. The predicted molar refractivity (Wildman–Crippen MR) is 82.3 cm³/mol. The normalized spacial score (nSPS) is 11.4. The fourth-order valence-corrected chi connectivity index (χ4v) is 4.37. The summed E-state index contributed by atoms with van der Waals surface area (Å²) in [6.07, 6.45) is 1.39. The van der Waals surface area contributed by atoms with Gasteiger partial charge in [0.15, 0.2) is 16.0 Å². The van der Waals surface area contributed by atoms with Gasteiger partial charge >= 0.3 is 0 Å². The molecule has 0 spiro atoms. The van der Waals surface area contributed by atoms with Crippen molar-refractivity contribution < 1.29 is 13.1 Å². The first-order chi connectivity index (χ1) is 9.49. The molecule has 0 amide bonds. The average molecular weight is 374 g/mol. The van der Waals surface area contributed by atoms with Gasteiger partial charge in [0, 0.05) is 22.4 Å². The molecule has 0 fully saturated rings. The third-order valence-corrected chi connectivity index (χ3v) is 6.10. The highest BCUT2D eigenvalue weighted by Crippen LogP contribution is 2.18. The number of benzene rings is 1. The van der Waals surface area contributed by atoms with Crippen molar-refractivity contribution in [3.05, 3.63) is 58.3 Å². The van der Waals surface area contributed by atoms with Crippen LogP contribution in [-0.4, -0.2) is 19.9 Å². The van der Waals surface area contributed by atoms with E-state index in [2.05, 4.69) is 15.9 Å². The second-order valence-corrected chi connectivity index (χ2v) is 8.13. The Morgan fingerprint density at radius 2 is 1.85 bits per heavy atom. The summed E-state index contributed by atoms with van der Waals surface area (Å²) in [5.41, 5.74) is 0. The van der Waals surface area contributed by atoms with Crippen molar-refractivity contribution >= 4 is 37.5 Å². The van der Waals surface area contributed by atoms with Crippen LogP contribution in [0.5, 0.6) is 0 Å². The topological polar surface area (TPSA) is 61.1 Å². The quantitative estimate of drug-likeness (QED) is 0.459. The molecule has 0 aliphatic rings. The monoisotopic (exact) mass is 373 g/mol. The van der Waals surface area contributed by atoms with Gasteiger partial charge in [-0.2, -0.15) is 4.73 Å². The molecule has 1 aromatic carbocycles. The van der Waals surface area contributed by atoms with Crippen LogP contribution >= 0.6 is 27.7 Å². The van der Waals surface area contributed by atoms with Gasteiger partial charge in [0.25, 0.3) is 5.03 Å². The molecule has 1 heterocycles. The number of hydrogen-bond acceptors (Lipinski definition) is 4. The molecule has 0 saturated carbocycles. The van der Waals surface area contributed by atoms with Crippen molar-refractivity contribution in [2.45, 2.75) is 9.92 Å². The lowest BCUT2D eigenvalue weighted by atomic mass is 10.4. The molecular formula is C13H12BrNO3S2. The maximum absolute atomic E-state index is 12.1. The van der Waals surface area contributed by atoms with Crippen LogP contribution in [0.25, 0.3) is 0 Å². The van der Waals surface area contributed by atoms with Gasteiger partial charge in [-0.15, -0.1) is 0 Å². The van der Waals surface area contributed by atoms with E-state index in [1.807, 2.05) is 0 Å². The smallest absolute Gasteiger partial charge is 0.251 e. The predicted octanol–water partition coefficient (Wildman–Crippen LogP) is 2.65. The molecule has 0 bridgehead atoms. The standard InChI is InChI=1S/C13H12BrNO3S2/c14-11-4-6-12(7-5-11)20(17,18)10-9-19-13-3-1-2-8-15(13)16/h1-8H,9-10H2. The Kier molecular flexibility index (Phi) is 5.06. The van der Waals surface area contributed by atoms with Gasteiger partial charge < -0.3 is 5.21 Å². The van der Waals surface area contributed by atoms with Crippen LogP contribution in [0, 0.1) is 5.21 Å². The first-order valence-corrected chi connectivity index (χ1v) is 9.21. The van der Waals surface area contributed by atoms with Gasteiger partial charge in [0.05, 0.1) is 10.6 Å². The Bertz CT molecular complexity index is 687. The third-order valence-electron chi connectivity index (χ3n) is 2.56. The SMILES string of the molecule is O=S(=O)(CCSc1cccc[n+]1[O-])c1ccc(Br)cc1. The number of sulfone groups is 1. The molecule has 0 N–H and O–H groups in total. The first-order valence-electron chi connectivity index (χ1n) is 5.78. The molecular weight excluding hydrogens is 362 g/mol.